The number of carbonyl (C=O) groups excluding carboxylic acids is 1. The maximum Gasteiger partial charge on any atom is 0.263 e. The number of carbonyl (C=O) groups is 1. The summed E-state index contributed by atoms with van der Waals surface area (Å²) in [6.07, 6.45) is -0.611. The highest BCUT2D eigenvalue weighted by Gasteiger charge is 2.30. The molecule has 5 rings (SSSR count). The minimum atomic E-state index is -0.611. The minimum Gasteiger partial charge on any atom is -0.481 e. The summed E-state index contributed by atoms with van der Waals surface area (Å²) in [5.74, 6) is 1.88. The van der Waals surface area contributed by atoms with Gasteiger partial charge in [-0.15, -0.1) is 0 Å². The van der Waals surface area contributed by atoms with Crippen molar-refractivity contribution in [2.45, 2.75) is 33.0 Å². The van der Waals surface area contributed by atoms with Crippen molar-refractivity contribution in [3.63, 3.8) is 0 Å². The lowest BCUT2D eigenvalue weighted by Gasteiger charge is -2.30. The first-order valence-corrected chi connectivity index (χ1v) is 11.7. The Bertz CT molecular complexity index is 1320. The zero-order chi connectivity index (χ0) is 24.4. The first kappa shape index (κ1) is 22.7. The zero-order valence-corrected chi connectivity index (χ0v) is 19.7. The number of nitrogens with zero attached hydrogens (tertiary/aromatic N) is 3. The van der Waals surface area contributed by atoms with Gasteiger partial charge in [0.25, 0.3) is 5.91 Å². The molecule has 1 atom stereocenters. The Kier molecular flexibility index (Phi) is 6.23. The van der Waals surface area contributed by atoms with E-state index in [1.807, 2.05) is 61.5 Å². The van der Waals surface area contributed by atoms with Crippen LogP contribution in [0.4, 0.5) is 15.9 Å². The number of amides is 1. The second-order valence-corrected chi connectivity index (χ2v) is 8.71. The topological polar surface area (TPSA) is 59.4 Å². The van der Waals surface area contributed by atoms with Crippen LogP contribution in [0.3, 0.4) is 0 Å². The van der Waals surface area contributed by atoms with Crippen LogP contribution >= 0.6 is 0 Å². The number of aromatic nitrogens is 2. The van der Waals surface area contributed by atoms with Gasteiger partial charge in [-0.2, -0.15) is 0 Å². The lowest BCUT2D eigenvalue weighted by molar-refractivity contribution is -0.139. The Morgan fingerprint density at radius 2 is 1.71 bits per heavy atom. The van der Waals surface area contributed by atoms with Gasteiger partial charge in [0.05, 0.1) is 6.54 Å². The summed E-state index contributed by atoms with van der Waals surface area (Å²) in [5, 5.41) is 3.50. The molecule has 2 heterocycles. The molecule has 1 unspecified atom stereocenters. The van der Waals surface area contributed by atoms with Gasteiger partial charge in [-0.25, -0.2) is 9.37 Å². The lowest BCUT2D eigenvalue weighted by Crippen LogP contribution is -2.44. The fraction of sp³-hybridized carbons (Fsp3) is 0.214. The van der Waals surface area contributed by atoms with Crippen molar-refractivity contribution >= 4 is 17.4 Å². The van der Waals surface area contributed by atoms with Gasteiger partial charge in [0, 0.05) is 24.3 Å². The third-order valence-corrected chi connectivity index (χ3v) is 6.12. The average molecular weight is 471 g/mol. The molecule has 0 spiro atoms. The third-order valence-electron chi connectivity index (χ3n) is 6.12. The molecule has 1 aromatic heterocycles. The number of hydrogen-bond donors (Lipinski definition) is 1. The molecule has 3 aromatic carbocycles. The minimum absolute atomic E-state index is 0.0838. The van der Waals surface area contributed by atoms with Crippen LogP contribution in [0, 0.1) is 12.7 Å². The maximum absolute atomic E-state index is 13.6. The molecular formula is C28H27FN4O2. The van der Waals surface area contributed by atoms with Crippen LogP contribution in [0.15, 0.2) is 78.9 Å². The number of aryl methyl sites for hydroxylation is 1. The van der Waals surface area contributed by atoms with Gasteiger partial charge in [0.15, 0.2) is 6.10 Å². The molecule has 35 heavy (non-hydrogen) atoms. The first-order chi connectivity index (χ1) is 17.0. The molecule has 1 aliphatic heterocycles. The van der Waals surface area contributed by atoms with Crippen LogP contribution in [0.2, 0.25) is 0 Å². The quantitative estimate of drug-likeness (QED) is 0.401. The second kappa shape index (κ2) is 9.62. The standard InChI is InChI=1S/C28H27FN4O2/c1-19-8-14-23(15-9-19)30-27-26(21-10-12-22(29)13-11-21)31-25-18-32(16-17-33(25)27)28(34)20(2)35-24-6-4-3-5-7-24/h3-15,20,30H,16-18H2,1-2H3. The Morgan fingerprint density at radius 3 is 2.43 bits per heavy atom. The number of rotatable bonds is 6. The van der Waals surface area contributed by atoms with E-state index in [1.54, 1.807) is 24.0 Å². The van der Waals surface area contributed by atoms with Gasteiger partial charge in [-0.3, -0.25) is 4.79 Å². The maximum atomic E-state index is 13.6. The molecule has 1 N–H and O–H groups in total. The predicted octanol–water partition coefficient (Wildman–Crippen LogP) is 5.55. The Balaban J connectivity index is 1.42. The van der Waals surface area contributed by atoms with E-state index in [0.717, 1.165) is 28.6 Å². The van der Waals surface area contributed by atoms with Gasteiger partial charge < -0.3 is 19.5 Å². The van der Waals surface area contributed by atoms with Crippen molar-refractivity contribution in [3.05, 3.63) is 96.1 Å². The molecule has 178 valence electrons. The number of imidazole rings is 1. The molecule has 0 saturated carbocycles. The molecular weight excluding hydrogens is 443 g/mol. The van der Waals surface area contributed by atoms with Crippen LogP contribution in [0.25, 0.3) is 11.3 Å². The summed E-state index contributed by atoms with van der Waals surface area (Å²) >= 11 is 0. The Morgan fingerprint density at radius 1 is 1.00 bits per heavy atom. The number of halogens is 1. The number of fused-ring (bicyclic) bond motifs is 1. The largest absolute Gasteiger partial charge is 0.481 e. The summed E-state index contributed by atoms with van der Waals surface area (Å²) in [7, 11) is 0. The van der Waals surface area contributed by atoms with Crippen molar-refractivity contribution < 1.29 is 13.9 Å². The summed E-state index contributed by atoms with van der Waals surface area (Å²) in [6, 6.07) is 23.8. The highest BCUT2D eigenvalue weighted by atomic mass is 19.1. The summed E-state index contributed by atoms with van der Waals surface area (Å²) in [4.78, 5) is 19.8. The van der Waals surface area contributed by atoms with E-state index in [1.165, 1.54) is 17.7 Å². The molecule has 0 radical (unpaired) electrons. The highest BCUT2D eigenvalue weighted by Crippen LogP contribution is 2.33. The van der Waals surface area contributed by atoms with Crippen LogP contribution in [0.1, 0.15) is 18.3 Å². The van der Waals surface area contributed by atoms with E-state index in [0.29, 0.717) is 25.4 Å². The number of ether oxygens (including phenoxy) is 1. The predicted molar refractivity (Wildman–Crippen MR) is 134 cm³/mol. The molecule has 0 saturated heterocycles. The van der Waals surface area contributed by atoms with Gasteiger partial charge in [0.1, 0.15) is 28.9 Å². The number of hydrogen-bond acceptors (Lipinski definition) is 4. The van der Waals surface area contributed by atoms with E-state index in [4.69, 9.17) is 9.72 Å². The van der Waals surface area contributed by atoms with Crippen molar-refractivity contribution in [1.82, 2.24) is 14.5 Å². The SMILES string of the molecule is Cc1ccc(Nc2c(-c3ccc(F)cc3)nc3n2CCN(C(=O)C(C)Oc2ccccc2)C3)cc1. The third kappa shape index (κ3) is 4.89. The number of benzene rings is 3. The molecule has 1 aliphatic rings. The molecule has 0 aliphatic carbocycles. The Labute approximate surface area is 204 Å². The van der Waals surface area contributed by atoms with Crippen LogP contribution in [0.5, 0.6) is 5.75 Å². The van der Waals surface area contributed by atoms with Gasteiger partial charge in [-0.05, 0) is 62.4 Å². The normalized spacial score (nSPS) is 13.7. The van der Waals surface area contributed by atoms with Crippen LogP contribution < -0.4 is 10.1 Å². The van der Waals surface area contributed by atoms with Crippen molar-refractivity contribution in [2.24, 2.45) is 0 Å². The highest BCUT2D eigenvalue weighted by molar-refractivity contribution is 5.81. The molecule has 0 bridgehead atoms. The van der Waals surface area contributed by atoms with E-state index in [-0.39, 0.29) is 11.7 Å². The van der Waals surface area contributed by atoms with Crippen molar-refractivity contribution in [1.29, 1.82) is 0 Å². The first-order valence-electron chi connectivity index (χ1n) is 11.7. The van der Waals surface area contributed by atoms with E-state index < -0.39 is 6.10 Å². The molecule has 7 heteroatoms. The Hall–Kier alpha value is -4.13. The number of para-hydroxylation sites is 1. The van der Waals surface area contributed by atoms with Crippen molar-refractivity contribution in [3.8, 4) is 17.0 Å². The molecule has 1 amide bonds. The van der Waals surface area contributed by atoms with Gasteiger partial charge >= 0.3 is 0 Å². The molecule has 0 fully saturated rings. The fourth-order valence-corrected chi connectivity index (χ4v) is 4.24. The average Bonchev–Trinajstić information content (AvgIpc) is 3.23. The zero-order valence-electron chi connectivity index (χ0n) is 19.7. The van der Waals surface area contributed by atoms with Gasteiger partial charge in [0.2, 0.25) is 0 Å². The van der Waals surface area contributed by atoms with E-state index in [2.05, 4.69) is 9.88 Å². The van der Waals surface area contributed by atoms with Crippen LogP contribution in [-0.2, 0) is 17.9 Å². The number of anilines is 2. The fourth-order valence-electron chi connectivity index (χ4n) is 4.24. The molecule has 4 aromatic rings. The summed E-state index contributed by atoms with van der Waals surface area (Å²) in [5.41, 5.74) is 3.64. The van der Waals surface area contributed by atoms with Gasteiger partial charge in [-0.1, -0.05) is 35.9 Å². The van der Waals surface area contributed by atoms with Crippen molar-refractivity contribution in [2.75, 3.05) is 11.9 Å². The van der Waals surface area contributed by atoms with Crippen LogP contribution in [-0.4, -0.2) is 33.0 Å². The van der Waals surface area contributed by atoms with E-state index >= 15 is 0 Å². The summed E-state index contributed by atoms with van der Waals surface area (Å²) < 4.78 is 21.5. The molecule has 6 nitrogen and oxygen atoms in total. The lowest BCUT2D eigenvalue weighted by atomic mass is 10.1. The number of nitrogens with one attached hydrogen (secondary N) is 1. The van der Waals surface area contributed by atoms with E-state index in [9.17, 15) is 9.18 Å². The second-order valence-electron chi connectivity index (χ2n) is 8.71. The smallest absolute Gasteiger partial charge is 0.263 e. The monoisotopic (exact) mass is 470 g/mol. The summed E-state index contributed by atoms with van der Waals surface area (Å²) in [6.45, 7) is 5.30.